The molecule has 2 fully saturated rings. The SMILES string of the molecule is CC1(C)CC(=O)C2=C1[C@H](O)C[C@]13C[C@@](C)(O)[C@H](CC[C@H]1[C@@]2(C)O)[C@H]3O. The fourth-order valence-electron chi connectivity index (χ4n) is 7.13. The zero-order valence-electron chi connectivity index (χ0n) is 15.5. The molecule has 1 spiro atoms. The van der Waals surface area contributed by atoms with Gasteiger partial charge in [0.05, 0.1) is 23.4 Å². The molecule has 0 heterocycles. The fourth-order valence-corrected chi connectivity index (χ4v) is 7.13. The number of ketones is 1. The van der Waals surface area contributed by atoms with Crippen LogP contribution in [0.25, 0.3) is 0 Å². The first-order chi connectivity index (χ1) is 11.3. The minimum absolute atomic E-state index is 0.0949. The van der Waals surface area contributed by atoms with Crippen LogP contribution in [0.2, 0.25) is 0 Å². The van der Waals surface area contributed by atoms with Crippen LogP contribution >= 0.6 is 0 Å². The zero-order valence-corrected chi connectivity index (χ0v) is 15.5. The van der Waals surface area contributed by atoms with Crippen molar-refractivity contribution in [1.29, 1.82) is 0 Å². The van der Waals surface area contributed by atoms with E-state index in [-0.39, 0.29) is 24.0 Å². The lowest BCUT2D eigenvalue weighted by atomic mass is 9.58. The van der Waals surface area contributed by atoms with E-state index in [2.05, 4.69) is 0 Å². The van der Waals surface area contributed by atoms with E-state index in [4.69, 9.17) is 0 Å². The van der Waals surface area contributed by atoms with Crippen molar-refractivity contribution >= 4 is 5.78 Å². The summed E-state index contributed by atoms with van der Waals surface area (Å²) in [6, 6.07) is 0. The Morgan fingerprint density at radius 3 is 2.32 bits per heavy atom. The van der Waals surface area contributed by atoms with Gasteiger partial charge in [-0.1, -0.05) is 13.8 Å². The van der Waals surface area contributed by atoms with Crippen molar-refractivity contribution in [2.45, 2.75) is 83.2 Å². The molecule has 0 aromatic rings. The van der Waals surface area contributed by atoms with Crippen molar-refractivity contribution in [2.75, 3.05) is 0 Å². The van der Waals surface area contributed by atoms with Crippen LogP contribution in [0.5, 0.6) is 0 Å². The van der Waals surface area contributed by atoms with Gasteiger partial charge in [0.25, 0.3) is 0 Å². The van der Waals surface area contributed by atoms with E-state index >= 15 is 0 Å². The van der Waals surface area contributed by atoms with Crippen LogP contribution in [0.15, 0.2) is 11.1 Å². The highest BCUT2D eigenvalue weighted by molar-refractivity contribution is 6.02. The van der Waals surface area contributed by atoms with Gasteiger partial charge in [0.2, 0.25) is 0 Å². The summed E-state index contributed by atoms with van der Waals surface area (Å²) in [6.45, 7) is 7.29. The van der Waals surface area contributed by atoms with Crippen molar-refractivity contribution in [1.82, 2.24) is 0 Å². The van der Waals surface area contributed by atoms with Crippen molar-refractivity contribution in [3.8, 4) is 0 Å². The largest absolute Gasteiger partial charge is 0.392 e. The van der Waals surface area contributed by atoms with E-state index in [0.717, 1.165) is 0 Å². The van der Waals surface area contributed by atoms with Crippen LogP contribution in [0.3, 0.4) is 0 Å². The third-order valence-corrected chi connectivity index (χ3v) is 7.89. The van der Waals surface area contributed by atoms with Crippen LogP contribution in [0, 0.1) is 22.7 Å². The molecule has 7 atom stereocenters. The normalized spacial score (nSPS) is 54.3. The third-order valence-electron chi connectivity index (χ3n) is 7.89. The molecule has 4 aliphatic carbocycles. The average Bonchev–Trinajstić information content (AvgIpc) is 2.69. The van der Waals surface area contributed by atoms with Crippen LogP contribution in [0.1, 0.15) is 59.8 Å². The molecule has 0 amide bonds. The van der Waals surface area contributed by atoms with Gasteiger partial charge >= 0.3 is 0 Å². The molecule has 4 rings (SSSR count). The summed E-state index contributed by atoms with van der Waals surface area (Å²) in [5.41, 5.74) is -2.67. The van der Waals surface area contributed by atoms with E-state index < -0.39 is 34.2 Å². The Balaban J connectivity index is 1.92. The second kappa shape index (κ2) is 4.75. The maximum Gasteiger partial charge on any atom is 0.162 e. The fraction of sp³-hybridized carbons (Fsp3) is 0.850. The van der Waals surface area contributed by atoms with Gasteiger partial charge in [0.1, 0.15) is 0 Å². The van der Waals surface area contributed by atoms with Gasteiger partial charge in [0.15, 0.2) is 5.78 Å². The van der Waals surface area contributed by atoms with E-state index in [0.29, 0.717) is 36.8 Å². The summed E-state index contributed by atoms with van der Waals surface area (Å²) in [6.07, 6.45) is 0.536. The van der Waals surface area contributed by atoms with Crippen LogP contribution < -0.4 is 0 Å². The molecule has 5 heteroatoms. The molecule has 25 heavy (non-hydrogen) atoms. The number of aliphatic hydroxyl groups excluding tert-OH is 2. The van der Waals surface area contributed by atoms with Crippen molar-refractivity contribution < 1.29 is 25.2 Å². The number of carbonyl (C=O) groups is 1. The van der Waals surface area contributed by atoms with Gasteiger partial charge in [-0.25, -0.2) is 0 Å². The topological polar surface area (TPSA) is 98.0 Å². The summed E-state index contributed by atoms with van der Waals surface area (Å²) < 4.78 is 0. The zero-order chi connectivity index (χ0) is 18.6. The highest BCUT2D eigenvalue weighted by atomic mass is 16.3. The summed E-state index contributed by atoms with van der Waals surface area (Å²) >= 11 is 0. The number of hydrogen-bond donors (Lipinski definition) is 4. The molecule has 0 aromatic heterocycles. The maximum absolute atomic E-state index is 12.8. The molecular formula is C20H30O5. The van der Waals surface area contributed by atoms with Gasteiger partial charge in [-0.2, -0.15) is 0 Å². The molecule has 0 radical (unpaired) electrons. The number of fused-ring (bicyclic) bond motifs is 1. The minimum Gasteiger partial charge on any atom is -0.392 e. The van der Waals surface area contributed by atoms with Crippen LogP contribution in [0.4, 0.5) is 0 Å². The summed E-state index contributed by atoms with van der Waals surface area (Å²) in [7, 11) is 0. The number of hydrogen-bond acceptors (Lipinski definition) is 5. The number of rotatable bonds is 0. The molecule has 0 unspecified atom stereocenters. The maximum atomic E-state index is 12.8. The molecule has 0 aromatic carbocycles. The van der Waals surface area contributed by atoms with Gasteiger partial charge in [-0.15, -0.1) is 0 Å². The Morgan fingerprint density at radius 1 is 1.04 bits per heavy atom. The van der Waals surface area contributed by atoms with Crippen molar-refractivity contribution in [3.63, 3.8) is 0 Å². The minimum atomic E-state index is -1.40. The summed E-state index contributed by atoms with van der Waals surface area (Å²) in [5, 5.41) is 44.6. The highest BCUT2D eigenvalue weighted by Crippen LogP contribution is 2.67. The van der Waals surface area contributed by atoms with Gasteiger partial charge in [-0.3, -0.25) is 4.79 Å². The lowest BCUT2D eigenvalue weighted by Gasteiger charge is -2.50. The molecule has 4 N–H and O–H groups in total. The average molecular weight is 350 g/mol. The van der Waals surface area contributed by atoms with Crippen molar-refractivity contribution in [3.05, 3.63) is 11.1 Å². The second-order valence-corrected chi connectivity index (χ2v) is 10.1. The van der Waals surface area contributed by atoms with E-state index in [1.807, 2.05) is 13.8 Å². The Bertz CT molecular complexity index is 674. The molecule has 4 aliphatic rings. The molecule has 0 aliphatic heterocycles. The van der Waals surface area contributed by atoms with Gasteiger partial charge < -0.3 is 20.4 Å². The molecule has 140 valence electrons. The Hall–Kier alpha value is -0.750. The second-order valence-electron chi connectivity index (χ2n) is 10.1. The lowest BCUT2D eigenvalue weighted by Crippen LogP contribution is -2.54. The first-order valence-corrected chi connectivity index (χ1v) is 9.44. The smallest absolute Gasteiger partial charge is 0.162 e. The molecular weight excluding hydrogens is 320 g/mol. The molecule has 5 nitrogen and oxygen atoms in total. The predicted octanol–water partition coefficient (Wildman–Crippen LogP) is 1.33. The first-order valence-electron chi connectivity index (χ1n) is 9.44. The van der Waals surface area contributed by atoms with E-state index in [1.54, 1.807) is 13.8 Å². The first kappa shape index (κ1) is 17.7. The van der Waals surface area contributed by atoms with Crippen LogP contribution in [-0.4, -0.2) is 49.6 Å². The summed E-state index contributed by atoms with van der Waals surface area (Å²) in [4.78, 5) is 12.8. The molecule has 0 saturated heterocycles. The predicted molar refractivity (Wildman–Crippen MR) is 91.6 cm³/mol. The number of carbonyl (C=O) groups excluding carboxylic acids is 1. The Morgan fingerprint density at radius 2 is 1.68 bits per heavy atom. The number of aliphatic hydroxyl groups is 4. The lowest BCUT2D eigenvalue weighted by molar-refractivity contribution is -0.135. The quantitative estimate of drug-likeness (QED) is 0.528. The van der Waals surface area contributed by atoms with Gasteiger partial charge in [0, 0.05) is 29.2 Å². The Kier molecular flexibility index (Phi) is 3.35. The van der Waals surface area contributed by atoms with E-state index in [1.165, 1.54) is 0 Å². The Labute approximate surface area is 148 Å². The standard InChI is InChI=1S/C20H30O5/c1-17(2)7-11(21)15-14(17)12(22)8-20-9-18(3,24)10(16(20)23)5-6-13(20)19(15,4)25/h10,12-13,16,22-25H,5-9H2,1-4H3/t10-,12-,13+,16-,18-,19-,20+/m1/s1. The van der Waals surface area contributed by atoms with Gasteiger partial charge in [-0.05, 0) is 50.5 Å². The monoisotopic (exact) mass is 350 g/mol. The molecule has 2 bridgehead atoms. The summed E-state index contributed by atoms with van der Waals surface area (Å²) in [5.74, 6) is -0.689. The number of Topliss-reactive ketones (excluding diaryl/α,β-unsaturated/α-hetero) is 1. The van der Waals surface area contributed by atoms with E-state index in [9.17, 15) is 25.2 Å². The highest BCUT2D eigenvalue weighted by Gasteiger charge is 2.69. The van der Waals surface area contributed by atoms with Crippen LogP contribution in [-0.2, 0) is 4.79 Å². The van der Waals surface area contributed by atoms with Crippen molar-refractivity contribution in [2.24, 2.45) is 22.7 Å². The third kappa shape index (κ3) is 2.01. The molecule has 2 saturated carbocycles.